The fraction of sp³-hybridized carbons (Fsp3) is 0.500. The lowest BCUT2D eigenvalue weighted by Gasteiger charge is -2.09. The van der Waals surface area contributed by atoms with Gasteiger partial charge in [0.1, 0.15) is 5.69 Å². The van der Waals surface area contributed by atoms with Crippen LogP contribution in [0.1, 0.15) is 29.8 Å². The van der Waals surface area contributed by atoms with Gasteiger partial charge in [0.15, 0.2) is 0 Å². The smallest absolute Gasteiger partial charge is 0.267 e. The molecule has 4 nitrogen and oxygen atoms in total. The summed E-state index contributed by atoms with van der Waals surface area (Å²) in [6.45, 7) is 1.94. The third-order valence-corrected chi connectivity index (χ3v) is 2.63. The van der Waals surface area contributed by atoms with Gasteiger partial charge in [-0.2, -0.15) is 0 Å². The summed E-state index contributed by atoms with van der Waals surface area (Å²) in [6, 6.07) is 3.68. The molecule has 1 aromatic rings. The second-order valence-electron chi connectivity index (χ2n) is 4.00. The highest BCUT2D eigenvalue weighted by Crippen LogP contribution is 2.02. The van der Waals surface area contributed by atoms with Gasteiger partial charge in [-0.15, -0.1) is 12.3 Å². The molecule has 98 valence electrons. The van der Waals surface area contributed by atoms with Gasteiger partial charge in [0, 0.05) is 32.8 Å². The SMILES string of the molecule is C#CCCCCNC(=O)c1cccn1CCOC. The van der Waals surface area contributed by atoms with Crippen molar-refractivity contribution in [3.8, 4) is 12.3 Å². The van der Waals surface area contributed by atoms with E-state index in [0.717, 1.165) is 19.3 Å². The number of aromatic nitrogens is 1. The van der Waals surface area contributed by atoms with Gasteiger partial charge < -0.3 is 14.6 Å². The normalized spacial score (nSPS) is 10.0. The Kier molecular flexibility index (Phi) is 6.67. The van der Waals surface area contributed by atoms with Crippen LogP contribution in [0.3, 0.4) is 0 Å². The number of rotatable bonds is 8. The molecule has 0 aliphatic carbocycles. The van der Waals surface area contributed by atoms with Gasteiger partial charge in [0.05, 0.1) is 6.61 Å². The number of methoxy groups -OCH3 is 1. The summed E-state index contributed by atoms with van der Waals surface area (Å²) in [5.41, 5.74) is 0.670. The summed E-state index contributed by atoms with van der Waals surface area (Å²) in [5.74, 6) is 2.54. The molecule has 18 heavy (non-hydrogen) atoms. The van der Waals surface area contributed by atoms with Crippen LogP contribution >= 0.6 is 0 Å². The van der Waals surface area contributed by atoms with E-state index in [1.807, 2.05) is 22.9 Å². The summed E-state index contributed by atoms with van der Waals surface area (Å²) in [7, 11) is 1.65. The molecule has 0 unspecified atom stereocenters. The minimum Gasteiger partial charge on any atom is -0.383 e. The van der Waals surface area contributed by atoms with E-state index < -0.39 is 0 Å². The second-order valence-corrected chi connectivity index (χ2v) is 4.00. The predicted molar refractivity (Wildman–Crippen MR) is 71.3 cm³/mol. The fourth-order valence-corrected chi connectivity index (χ4v) is 1.65. The third kappa shape index (κ3) is 4.64. The van der Waals surface area contributed by atoms with Gasteiger partial charge in [-0.05, 0) is 25.0 Å². The van der Waals surface area contributed by atoms with Crippen LogP contribution in [0, 0.1) is 12.3 Å². The molecule has 0 saturated carbocycles. The molecule has 0 atom stereocenters. The summed E-state index contributed by atoms with van der Waals surface area (Å²) >= 11 is 0. The number of amides is 1. The van der Waals surface area contributed by atoms with Crippen LogP contribution in [0.15, 0.2) is 18.3 Å². The van der Waals surface area contributed by atoms with Crippen molar-refractivity contribution in [2.45, 2.75) is 25.8 Å². The van der Waals surface area contributed by atoms with Crippen molar-refractivity contribution in [3.63, 3.8) is 0 Å². The van der Waals surface area contributed by atoms with Crippen LogP contribution in [-0.4, -0.2) is 30.7 Å². The van der Waals surface area contributed by atoms with Gasteiger partial charge >= 0.3 is 0 Å². The van der Waals surface area contributed by atoms with Crippen molar-refractivity contribution in [2.24, 2.45) is 0 Å². The molecule has 1 aromatic heterocycles. The lowest BCUT2D eigenvalue weighted by atomic mass is 10.2. The van der Waals surface area contributed by atoms with E-state index in [4.69, 9.17) is 11.2 Å². The predicted octanol–water partition coefficient (Wildman–Crippen LogP) is 1.67. The van der Waals surface area contributed by atoms with E-state index in [2.05, 4.69) is 11.2 Å². The van der Waals surface area contributed by atoms with Crippen molar-refractivity contribution in [1.29, 1.82) is 0 Å². The van der Waals surface area contributed by atoms with E-state index in [0.29, 0.717) is 25.4 Å². The number of terminal acetylenes is 1. The molecule has 1 rings (SSSR count). The molecule has 0 bridgehead atoms. The summed E-state index contributed by atoms with van der Waals surface area (Å²) in [6.07, 6.45) is 9.66. The van der Waals surface area contributed by atoms with Crippen LogP contribution in [-0.2, 0) is 11.3 Å². The lowest BCUT2D eigenvalue weighted by Crippen LogP contribution is -2.27. The quantitative estimate of drug-likeness (QED) is 0.562. The zero-order valence-corrected chi connectivity index (χ0v) is 10.8. The summed E-state index contributed by atoms with van der Waals surface area (Å²) in [5, 5.41) is 2.89. The highest BCUT2D eigenvalue weighted by molar-refractivity contribution is 5.92. The number of ether oxygens (including phenoxy) is 1. The monoisotopic (exact) mass is 248 g/mol. The number of carbonyl (C=O) groups excluding carboxylic acids is 1. The molecule has 0 spiro atoms. The van der Waals surface area contributed by atoms with Crippen LogP contribution in [0.4, 0.5) is 0 Å². The standard InChI is InChI=1S/C14H20N2O2/c1-3-4-5-6-9-15-14(17)13-8-7-10-16(13)11-12-18-2/h1,7-8,10H,4-6,9,11-12H2,2H3,(H,15,17). The average molecular weight is 248 g/mol. The van der Waals surface area contributed by atoms with Crippen LogP contribution in [0.25, 0.3) is 0 Å². The molecule has 1 amide bonds. The Balaban J connectivity index is 2.37. The van der Waals surface area contributed by atoms with Crippen molar-refractivity contribution < 1.29 is 9.53 Å². The number of carbonyl (C=O) groups is 1. The number of unbranched alkanes of at least 4 members (excludes halogenated alkanes) is 2. The van der Waals surface area contributed by atoms with Crippen LogP contribution < -0.4 is 5.32 Å². The first-order valence-electron chi connectivity index (χ1n) is 6.15. The van der Waals surface area contributed by atoms with E-state index in [-0.39, 0.29) is 5.91 Å². The number of nitrogens with zero attached hydrogens (tertiary/aromatic N) is 1. The van der Waals surface area contributed by atoms with Gasteiger partial charge in [-0.25, -0.2) is 0 Å². The Labute approximate surface area is 108 Å². The minimum atomic E-state index is -0.0446. The van der Waals surface area contributed by atoms with E-state index in [1.165, 1.54) is 0 Å². The Morgan fingerprint density at radius 1 is 1.56 bits per heavy atom. The molecule has 4 heteroatoms. The molecular weight excluding hydrogens is 228 g/mol. The van der Waals surface area contributed by atoms with Gasteiger partial charge in [0.2, 0.25) is 0 Å². The Morgan fingerprint density at radius 2 is 2.39 bits per heavy atom. The van der Waals surface area contributed by atoms with Crippen molar-refractivity contribution in [3.05, 3.63) is 24.0 Å². The minimum absolute atomic E-state index is 0.0446. The second kappa shape index (κ2) is 8.37. The molecule has 0 saturated heterocycles. The largest absolute Gasteiger partial charge is 0.383 e. The molecule has 0 aliphatic heterocycles. The molecule has 0 radical (unpaired) electrons. The summed E-state index contributed by atoms with van der Waals surface area (Å²) in [4.78, 5) is 11.9. The number of nitrogens with one attached hydrogen (secondary N) is 1. The van der Waals surface area contributed by atoms with Crippen molar-refractivity contribution in [1.82, 2.24) is 9.88 Å². The highest BCUT2D eigenvalue weighted by Gasteiger charge is 2.09. The Hall–Kier alpha value is -1.73. The van der Waals surface area contributed by atoms with E-state index >= 15 is 0 Å². The topological polar surface area (TPSA) is 43.3 Å². The molecule has 1 heterocycles. The molecule has 0 aliphatic rings. The first-order valence-corrected chi connectivity index (χ1v) is 6.15. The summed E-state index contributed by atoms with van der Waals surface area (Å²) < 4.78 is 6.89. The Bertz CT molecular complexity index is 404. The molecule has 1 N–H and O–H groups in total. The lowest BCUT2D eigenvalue weighted by molar-refractivity contribution is 0.0941. The maximum Gasteiger partial charge on any atom is 0.267 e. The maximum atomic E-state index is 11.9. The van der Waals surface area contributed by atoms with Crippen molar-refractivity contribution in [2.75, 3.05) is 20.3 Å². The molecular formula is C14H20N2O2. The van der Waals surface area contributed by atoms with Crippen molar-refractivity contribution >= 4 is 5.91 Å². The Morgan fingerprint density at radius 3 is 3.11 bits per heavy atom. The zero-order chi connectivity index (χ0) is 13.2. The number of hydrogen-bond acceptors (Lipinski definition) is 2. The highest BCUT2D eigenvalue weighted by atomic mass is 16.5. The van der Waals surface area contributed by atoms with Gasteiger partial charge in [-0.3, -0.25) is 4.79 Å². The number of hydrogen-bond donors (Lipinski definition) is 1. The first kappa shape index (κ1) is 14.3. The van der Waals surface area contributed by atoms with Gasteiger partial charge in [-0.1, -0.05) is 0 Å². The van der Waals surface area contributed by atoms with E-state index in [1.54, 1.807) is 7.11 Å². The molecule has 0 aromatic carbocycles. The average Bonchev–Trinajstić information content (AvgIpc) is 2.84. The maximum absolute atomic E-state index is 11.9. The molecule has 0 fully saturated rings. The zero-order valence-electron chi connectivity index (χ0n) is 10.8. The van der Waals surface area contributed by atoms with E-state index in [9.17, 15) is 4.79 Å². The van der Waals surface area contributed by atoms with Crippen LogP contribution in [0.5, 0.6) is 0 Å². The fourth-order valence-electron chi connectivity index (χ4n) is 1.65. The van der Waals surface area contributed by atoms with Gasteiger partial charge in [0.25, 0.3) is 5.91 Å². The first-order chi connectivity index (χ1) is 8.79. The van der Waals surface area contributed by atoms with Crippen LogP contribution in [0.2, 0.25) is 0 Å². The third-order valence-electron chi connectivity index (χ3n) is 2.63.